The quantitative estimate of drug-likeness (QED) is 0.693. The lowest BCUT2D eigenvalue weighted by Gasteiger charge is -2.10. The second-order valence-electron chi connectivity index (χ2n) is 4.31. The summed E-state index contributed by atoms with van der Waals surface area (Å²) in [4.78, 5) is 0. The van der Waals surface area contributed by atoms with Crippen LogP contribution in [0.25, 0.3) is 17.1 Å². The summed E-state index contributed by atoms with van der Waals surface area (Å²) in [5.41, 5.74) is 1.81. The Morgan fingerprint density at radius 3 is 2.52 bits per heavy atom. The molecule has 0 N–H and O–H groups in total. The average molecular weight is 365 g/mol. The van der Waals surface area contributed by atoms with Gasteiger partial charge in [0.2, 0.25) is 5.28 Å². The van der Waals surface area contributed by atoms with Crippen LogP contribution < -0.4 is 4.74 Å². The molecular weight excluding hydrogens is 354 g/mol. The van der Waals surface area contributed by atoms with Gasteiger partial charge in [-0.25, -0.2) is 0 Å². The molecule has 0 aliphatic carbocycles. The van der Waals surface area contributed by atoms with Gasteiger partial charge in [0.15, 0.2) is 5.82 Å². The number of halogens is 2. The minimum absolute atomic E-state index is 0.311. The number of nitrogens with zero attached hydrogens (tertiary/aromatic N) is 3. The summed E-state index contributed by atoms with van der Waals surface area (Å²) in [5.74, 6) is 1.45. The van der Waals surface area contributed by atoms with Crippen LogP contribution in [0.5, 0.6) is 5.75 Å². The first-order chi connectivity index (χ1) is 10.2. The van der Waals surface area contributed by atoms with Gasteiger partial charge in [0, 0.05) is 5.56 Å². The van der Waals surface area contributed by atoms with Gasteiger partial charge in [0.25, 0.3) is 0 Å². The highest BCUT2D eigenvalue weighted by Gasteiger charge is 2.15. The molecule has 0 saturated carbocycles. The maximum atomic E-state index is 6.20. The molecule has 0 fully saturated rings. The number of hydrogen-bond acceptors (Lipinski definition) is 3. The number of aromatic nitrogens is 3. The highest BCUT2D eigenvalue weighted by molar-refractivity contribution is 9.10. The van der Waals surface area contributed by atoms with E-state index >= 15 is 0 Å². The summed E-state index contributed by atoms with van der Waals surface area (Å²) in [5, 5.41) is 8.45. The molecule has 0 aliphatic heterocycles. The Labute approximate surface area is 135 Å². The van der Waals surface area contributed by atoms with Crippen molar-refractivity contribution in [2.75, 3.05) is 7.11 Å². The van der Waals surface area contributed by atoms with E-state index in [1.165, 1.54) is 0 Å². The molecule has 1 aromatic heterocycles. The van der Waals surface area contributed by atoms with Gasteiger partial charge in [0.1, 0.15) is 5.75 Å². The van der Waals surface area contributed by atoms with Crippen LogP contribution in [0.1, 0.15) is 0 Å². The standard InChI is InChI=1S/C15H11BrClN3O/c1-21-13-8-7-11(9-12(13)16)20-14(18-19-15(20)17)10-5-3-2-4-6-10/h2-9H,1H3. The number of benzene rings is 2. The molecule has 106 valence electrons. The molecule has 0 aliphatic rings. The van der Waals surface area contributed by atoms with E-state index in [4.69, 9.17) is 16.3 Å². The number of ether oxygens (including phenoxy) is 1. The predicted molar refractivity (Wildman–Crippen MR) is 86.1 cm³/mol. The summed E-state index contributed by atoms with van der Waals surface area (Å²) in [6.07, 6.45) is 0. The Morgan fingerprint density at radius 2 is 1.86 bits per heavy atom. The van der Waals surface area contributed by atoms with Crippen LogP contribution in [0.2, 0.25) is 5.28 Å². The van der Waals surface area contributed by atoms with Gasteiger partial charge in [-0.15, -0.1) is 10.2 Å². The number of methoxy groups -OCH3 is 1. The molecule has 1 heterocycles. The summed E-state index contributed by atoms with van der Waals surface area (Å²) >= 11 is 9.67. The van der Waals surface area contributed by atoms with Gasteiger partial charge in [-0.1, -0.05) is 30.3 Å². The summed E-state index contributed by atoms with van der Waals surface area (Å²) in [7, 11) is 1.63. The Kier molecular flexibility index (Phi) is 3.94. The van der Waals surface area contributed by atoms with Crippen molar-refractivity contribution in [3.05, 3.63) is 58.3 Å². The van der Waals surface area contributed by atoms with E-state index in [2.05, 4.69) is 26.1 Å². The second kappa shape index (κ2) is 5.87. The van der Waals surface area contributed by atoms with E-state index in [9.17, 15) is 0 Å². The highest BCUT2D eigenvalue weighted by atomic mass is 79.9. The Bertz CT molecular complexity index is 774. The van der Waals surface area contributed by atoms with Gasteiger partial charge < -0.3 is 4.74 Å². The smallest absolute Gasteiger partial charge is 0.229 e. The fourth-order valence-electron chi connectivity index (χ4n) is 2.06. The zero-order chi connectivity index (χ0) is 14.8. The zero-order valence-corrected chi connectivity index (χ0v) is 13.5. The molecule has 0 bridgehead atoms. The Hall–Kier alpha value is -1.85. The van der Waals surface area contributed by atoms with Crippen LogP contribution in [-0.4, -0.2) is 21.9 Å². The van der Waals surface area contributed by atoms with Crippen molar-refractivity contribution in [3.8, 4) is 22.8 Å². The molecule has 0 atom stereocenters. The van der Waals surface area contributed by atoms with E-state index in [1.54, 1.807) is 11.7 Å². The molecule has 0 unspecified atom stereocenters. The van der Waals surface area contributed by atoms with Crippen molar-refractivity contribution >= 4 is 27.5 Å². The molecule has 4 nitrogen and oxygen atoms in total. The monoisotopic (exact) mass is 363 g/mol. The van der Waals surface area contributed by atoms with E-state index in [-0.39, 0.29) is 0 Å². The minimum Gasteiger partial charge on any atom is -0.496 e. The fourth-order valence-corrected chi connectivity index (χ4v) is 2.81. The molecule has 2 aromatic carbocycles. The predicted octanol–water partition coefficient (Wildman–Crippen LogP) is 4.36. The molecule has 0 radical (unpaired) electrons. The summed E-state index contributed by atoms with van der Waals surface area (Å²) < 4.78 is 7.87. The topological polar surface area (TPSA) is 39.9 Å². The van der Waals surface area contributed by atoms with Crippen molar-refractivity contribution in [1.82, 2.24) is 14.8 Å². The largest absolute Gasteiger partial charge is 0.496 e. The fraction of sp³-hybridized carbons (Fsp3) is 0.0667. The normalized spacial score (nSPS) is 10.6. The molecule has 21 heavy (non-hydrogen) atoms. The van der Waals surface area contributed by atoms with Gasteiger partial charge in [-0.2, -0.15) is 0 Å². The minimum atomic E-state index is 0.311. The molecule has 3 aromatic rings. The number of rotatable bonds is 3. The van der Waals surface area contributed by atoms with Crippen LogP contribution in [0.3, 0.4) is 0 Å². The van der Waals surface area contributed by atoms with Gasteiger partial charge >= 0.3 is 0 Å². The molecule has 3 rings (SSSR count). The van der Waals surface area contributed by atoms with Crippen molar-refractivity contribution < 1.29 is 4.74 Å². The van der Waals surface area contributed by atoms with Crippen molar-refractivity contribution in [3.63, 3.8) is 0 Å². The lowest BCUT2D eigenvalue weighted by Crippen LogP contribution is -1.98. The average Bonchev–Trinajstić information content (AvgIpc) is 2.90. The first-order valence-corrected chi connectivity index (χ1v) is 7.38. The first kappa shape index (κ1) is 14.1. The molecular formula is C15H11BrClN3O. The third kappa shape index (κ3) is 2.66. The van der Waals surface area contributed by atoms with Crippen LogP contribution in [-0.2, 0) is 0 Å². The van der Waals surface area contributed by atoms with E-state index in [0.717, 1.165) is 21.5 Å². The Morgan fingerprint density at radius 1 is 1.10 bits per heavy atom. The third-order valence-electron chi connectivity index (χ3n) is 3.05. The lowest BCUT2D eigenvalue weighted by molar-refractivity contribution is 0.412. The van der Waals surface area contributed by atoms with Crippen molar-refractivity contribution in [2.45, 2.75) is 0 Å². The second-order valence-corrected chi connectivity index (χ2v) is 5.51. The van der Waals surface area contributed by atoms with Crippen molar-refractivity contribution in [2.24, 2.45) is 0 Å². The van der Waals surface area contributed by atoms with Gasteiger partial charge in [0.05, 0.1) is 17.3 Å². The first-order valence-electron chi connectivity index (χ1n) is 6.21. The highest BCUT2D eigenvalue weighted by Crippen LogP contribution is 2.31. The van der Waals surface area contributed by atoms with Crippen LogP contribution in [0.15, 0.2) is 53.0 Å². The molecule has 0 amide bonds. The van der Waals surface area contributed by atoms with Gasteiger partial charge in [-0.3, -0.25) is 4.57 Å². The third-order valence-corrected chi connectivity index (χ3v) is 3.91. The van der Waals surface area contributed by atoms with Crippen LogP contribution >= 0.6 is 27.5 Å². The zero-order valence-electron chi connectivity index (χ0n) is 11.1. The van der Waals surface area contributed by atoms with Crippen molar-refractivity contribution in [1.29, 1.82) is 0 Å². The molecule has 0 saturated heterocycles. The molecule has 6 heteroatoms. The molecule has 0 spiro atoms. The maximum absolute atomic E-state index is 6.20. The van der Waals surface area contributed by atoms with E-state index < -0.39 is 0 Å². The van der Waals surface area contributed by atoms with E-state index in [1.807, 2.05) is 48.5 Å². The van der Waals surface area contributed by atoms with E-state index in [0.29, 0.717) is 11.1 Å². The number of hydrogen-bond donors (Lipinski definition) is 0. The van der Waals surface area contributed by atoms with Crippen LogP contribution in [0, 0.1) is 0 Å². The van der Waals surface area contributed by atoms with Crippen LogP contribution in [0.4, 0.5) is 0 Å². The SMILES string of the molecule is COc1ccc(-n2c(Cl)nnc2-c2ccccc2)cc1Br. The van der Waals surface area contributed by atoms with Gasteiger partial charge in [-0.05, 0) is 45.7 Å². The Balaban J connectivity index is 2.15. The lowest BCUT2D eigenvalue weighted by atomic mass is 10.2. The summed E-state index contributed by atoms with van der Waals surface area (Å²) in [6, 6.07) is 15.5. The summed E-state index contributed by atoms with van der Waals surface area (Å²) in [6.45, 7) is 0. The maximum Gasteiger partial charge on any atom is 0.229 e.